The molecular weight excluding hydrogens is 208 g/mol. The number of nitrogens with one attached hydrogen (secondary N) is 1. The van der Waals surface area contributed by atoms with Gasteiger partial charge in [-0.1, -0.05) is 38.1 Å². The second-order valence-electron chi connectivity index (χ2n) is 5.49. The highest BCUT2D eigenvalue weighted by molar-refractivity contribution is 5.23. The monoisotopic (exact) mass is 236 g/mol. The summed E-state index contributed by atoms with van der Waals surface area (Å²) >= 11 is 0. The van der Waals surface area contributed by atoms with Gasteiger partial charge in [-0.2, -0.15) is 0 Å². The zero-order chi connectivity index (χ0) is 12.7. The van der Waals surface area contributed by atoms with Crippen LogP contribution in [0.5, 0.6) is 0 Å². The fourth-order valence-corrected chi connectivity index (χ4v) is 1.91. The van der Waals surface area contributed by atoms with Gasteiger partial charge < -0.3 is 10.2 Å². The van der Waals surface area contributed by atoms with Gasteiger partial charge in [0.15, 0.2) is 0 Å². The standard InChI is InChI=1S/C15H26N2/c1-13(2)15-8-6-14(7-9-15)12-16-10-5-11-17(3)4/h6-9,13,16H,5,10-12H2,1-4H3/p+2. The van der Waals surface area contributed by atoms with Crippen LogP contribution in [-0.4, -0.2) is 27.2 Å². The Balaban J connectivity index is 2.23. The van der Waals surface area contributed by atoms with Gasteiger partial charge in [0.2, 0.25) is 0 Å². The van der Waals surface area contributed by atoms with Crippen molar-refractivity contribution < 1.29 is 10.2 Å². The summed E-state index contributed by atoms with van der Waals surface area (Å²) < 4.78 is 0. The molecule has 2 heteroatoms. The first-order valence-electron chi connectivity index (χ1n) is 6.79. The van der Waals surface area contributed by atoms with Crippen LogP contribution in [0.3, 0.4) is 0 Å². The topological polar surface area (TPSA) is 21.1 Å². The largest absolute Gasteiger partial charge is 0.342 e. The molecule has 0 heterocycles. The molecule has 0 amide bonds. The Labute approximate surface area is 106 Å². The SMILES string of the molecule is CC(C)c1ccc(C[NH2+]CCC[NH+](C)C)cc1. The number of nitrogens with two attached hydrogens (primary N) is 1. The molecule has 0 aliphatic heterocycles. The van der Waals surface area contributed by atoms with E-state index >= 15 is 0 Å². The van der Waals surface area contributed by atoms with Crippen LogP contribution >= 0.6 is 0 Å². The van der Waals surface area contributed by atoms with Crippen molar-refractivity contribution in [1.29, 1.82) is 0 Å². The maximum Gasteiger partial charge on any atom is 0.101 e. The second kappa shape index (κ2) is 7.46. The summed E-state index contributed by atoms with van der Waals surface area (Å²) in [5.74, 6) is 0.635. The number of hydrogen-bond acceptors (Lipinski definition) is 0. The molecule has 0 aliphatic rings. The van der Waals surface area contributed by atoms with Crippen molar-refractivity contribution in [3.8, 4) is 0 Å². The molecule has 0 saturated carbocycles. The van der Waals surface area contributed by atoms with E-state index in [2.05, 4.69) is 57.5 Å². The van der Waals surface area contributed by atoms with E-state index in [1.807, 2.05) is 0 Å². The first-order valence-corrected chi connectivity index (χ1v) is 6.79. The number of quaternary nitrogens is 2. The Bertz CT molecular complexity index is 301. The Morgan fingerprint density at radius 3 is 2.29 bits per heavy atom. The lowest BCUT2D eigenvalue weighted by molar-refractivity contribution is -0.860. The molecule has 2 nitrogen and oxygen atoms in total. The van der Waals surface area contributed by atoms with Gasteiger partial charge in [-0.25, -0.2) is 0 Å². The van der Waals surface area contributed by atoms with Gasteiger partial charge in [-0.3, -0.25) is 0 Å². The molecule has 1 rings (SSSR count). The van der Waals surface area contributed by atoms with Gasteiger partial charge in [-0.05, 0) is 11.5 Å². The van der Waals surface area contributed by atoms with Gasteiger partial charge in [-0.15, -0.1) is 0 Å². The molecule has 0 aromatic heterocycles. The molecule has 17 heavy (non-hydrogen) atoms. The third-order valence-electron chi connectivity index (χ3n) is 3.11. The average Bonchev–Trinajstić information content (AvgIpc) is 2.29. The normalized spacial score (nSPS) is 11.4. The van der Waals surface area contributed by atoms with Crippen LogP contribution in [0.4, 0.5) is 0 Å². The van der Waals surface area contributed by atoms with Gasteiger partial charge in [0.1, 0.15) is 6.54 Å². The van der Waals surface area contributed by atoms with Crippen LogP contribution in [0.2, 0.25) is 0 Å². The van der Waals surface area contributed by atoms with E-state index in [1.54, 1.807) is 4.90 Å². The third kappa shape index (κ3) is 5.85. The second-order valence-corrected chi connectivity index (χ2v) is 5.49. The van der Waals surface area contributed by atoms with Gasteiger partial charge in [0, 0.05) is 12.0 Å². The molecule has 3 N–H and O–H groups in total. The maximum atomic E-state index is 2.41. The molecule has 0 spiro atoms. The van der Waals surface area contributed by atoms with E-state index in [0.29, 0.717) is 5.92 Å². The van der Waals surface area contributed by atoms with Crippen LogP contribution in [0.1, 0.15) is 37.3 Å². The molecule has 0 aliphatic carbocycles. The third-order valence-corrected chi connectivity index (χ3v) is 3.11. The predicted octanol–water partition coefficient (Wildman–Crippen LogP) is 0.408. The minimum Gasteiger partial charge on any atom is -0.342 e. The highest BCUT2D eigenvalue weighted by Crippen LogP contribution is 2.13. The van der Waals surface area contributed by atoms with Crippen molar-refractivity contribution >= 4 is 0 Å². The summed E-state index contributed by atoms with van der Waals surface area (Å²) in [7, 11) is 4.43. The minimum atomic E-state index is 0.635. The van der Waals surface area contributed by atoms with Gasteiger partial charge in [0.05, 0.1) is 27.2 Å². The first-order chi connectivity index (χ1) is 8.09. The lowest BCUT2D eigenvalue weighted by Gasteiger charge is -2.07. The van der Waals surface area contributed by atoms with Crippen molar-refractivity contribution in [2.24, 2.45) is 0 Å². The summed E-state index contributed by atoms with van der Waals surface area (Å²) in [4.78, 5) is 1.54. The van der Waals surface area contributed by atoms with E-state index in [4.69, 9.17) is 0 Å². The van der Waals surface area contributed by atoms with E-state index in [9.17, 15) is 0 Å². The van der Waals surface area contributed by atoms with Crippen molar-refractivity contribution in [3.63, 3.8) is 0 Å². The quantitative estimate of drug-likeness (QED) is 0.640. The van der Waals surface area contributed by atoms with Gasteiger partial charge >= 0.3 is 0 Å². The lowest BCUT2D eigenvalue weighted by atomic mass is 10.0. The zero-order valence-electron chi connectivity index (χ0n) is 11.8. The molecule has 1 aromatic carbocycles. The summed E-state index contributed by atoms with van der Waals surface area (Å²) in [5.41, 5.74) is 2.87. The van der Waals surface area contributed by atoms with E-state index < -0.39 is 0 Å². The highest BCUT2D eigenvalue weighted by atomic mass is 15.0. The summed E-state index contributed by atoms with van der Waals surface area (Å²) in [5, 5.41) is 2.41. The zero-order valence-corrected chi connectivity index (χ0v) is 11.8. The summed E-state index contributed by atoms with van der Waals surface area (Å²) in [6, 6.07) is 9.06. The van der Waals surface area contributed by atoms with Crippen LogP contribution < -0.4 is 10.2 Å². The van der Waals surface area contributed by atoms with Crippen LogP contribution in [0, 0.1) is 0 Å². The number of benzene rings is 1. The van der Waals surface area contributed by atoms with Crippen molar-refractivity contribution in [3.05, 3.63) is 35.4 Å². The van der Waals surface area contributed by atoms with Crippen LogP contribution in [0.15, 0.2) is 24.3 Å². The van der Waals surface area contributed by atoms with Gasteiger partial charge in [0.25, 0.3) is 0 Å². The molecule has 0 fully saturated rings. The Kier molecular flexibility index (Phi) is 6.23. The van der Waals surface area contributed by atoms with Crippen molar-refractivity contribution in [2.75, 3.05) is 27.2 Å². The molecular formula is C15H28N2+2. The maximum absolute atomic E-state index is 2.41. The Morgan fingerprint density at radius 1 is 1.12 bits per heavy atom. The number of hydrogen-bond donors (Lipinski definition) is 2. The minimum absolute atomic E-state index is 0.635. The van der Waals surface area contributed by atoms with Crippen molar-refractivity contribution in [2.45, 2.75) is 32.7 Å². The summed E-state index contributed by atoms with van der Waals surface area (Å²) in [6.07, 6.45) is 1.30. The fraction of sp³-hybridized carbons (Fsp3) is 0.600. The lowest BCUT2D eigenvalue weighted by Crippen LogP contribution is -3.06. The molecule has 0 radical (unpaired) electrons. The molecule has 0 bridgehead atoms. The molecule has 1 aromatic rings. The molecule has 96 valence electrons. The van der Waals surface area contributed by atoms with E-state index in [1.165, 1.54) is 30.6 Å². The van der Waals surface area contributed by atoms with Crippen LogP contribution in [-0.2, 0) is 6.54 Å². The van der Waals surface area contributed by atoms with Crippen LogP contribution in [0.25, 0.3) is 0 Å². The fourth-order valence-electron chi connectivity index (χ4n) is 1.91. The Hall–Kier alpha value is -0.860. The van der Waals surface area contributed by atoms with Crippen molar-refractivity contribution in [1.82, 2.24) is 0 Å². The molecule has 0 atom stereocenters. The Morgan fingerprint density at radius 2 is 1.76 bits per heavy atom. The predicted molar refractivity (Wildman–Crippen MR) is 73.3 cm³/mol. The number of rotatable bonds is 7. The average molecular weight is 236 g/mol. The summed E-state index contributed by atoms with van der Waals surface area (Å²) in [6.45, 7) is 8.09. The first kappa shape index (κ1) is 14.2. The smallest absolute Gasteiger partial charge is 0.101 e. The van der Waals surface area contributed by atoms with E-state index in [-0.39, 0.29) is 0 Å². The molecule has 0 saturated heterocycles. The molecule has 0 unspecified atom stereocenters. The highest BCUT2D eigenvalue weighted by Gasteiger charge is 2.00. The van der Waals surface area contributed by atoms with E-state index in [0.717, 1.165) is 6.54 Å².